The van der Waals surface area contributed by atoms with Crippen molar-refractivity contribution in [2.24, 2.45) is 0 Å². The average molecular weight is 389 g/mol. The molecule has 1 aromatic carbocycles. The molecule has 1 saturated heterocycles. The summed E-state index contributed by atoms with van der Waals surface area (Å²) >= 11 is 0. The van der Waals surface area contributed by atoms with Crippen molar-refractivity contribution < 1.29 is 14.4 Å². The summed E-state index contributed by atoms with van der Waals surface area (Å²) in [5.74, 6) is -0.799. The molecule has 2 atom stereocenters. The molecule has 1 fully saturated rings. The van der Waals surface area contributed by atoms with Crippen LogP contribution in [0.5, 0.6) is 0 Å². The second kappa shape index (κ2) is 6.71. The molecule has 0 spiro atoms. The Morgan fingerprint density at radius 2 is 2.03 bits per heavy atom. The Hall–Kier alpha value is -3.73. The molecule has 0 radical (unpaired) electrons. The molecule has 3 amide bonds. The van der Waals surface area contributed by atoms with Crippen LogP contribution in [0.2, 0.25) is 0 Å². The molecule has 3 heterocycles. The molecule has 0 bridgehead atoms. The lowest BCUT2D eigenvalue weighted by atomic mass is 9.99. The minimum absolute atomic E-state index is 0.171. The van der Waals surface area contributed by atoms with Gasteiger partial charge in [0.2, 0.25) is 17.5 Å². The molecule has 8 heteroatoms. The number of imide groups is 1. The van der Waals surface area contributed by atoms with E-state index in [0.29, 0.717) is 23.4 Å². The minimum Gasteiger partial charge on any atom is -0.392 e. The van der Waals surface area contributed by atoms with E-state index in [2.05, 4.69) is 15.1 Å². The highest BCUT2D eigenvalue weighted by molar-refractivity contribution is 6.06. The lowest BCUT2D eigenvalue weighted by molar-refractivity contribution is -0.137. The number of aromatic nitrogens is 1. The van der Waals surface area contributed by atoms with Crippen molar-refractivity contribution in [3.05, 3.63) is 52.4 Å². The summed E-state index contributed by atoms with van der Waals surface area (Å²) in [4.78, 5) is 46.0. The third kappa shape index (κ3) is 2.91. The highest BCUT2D eigenvalue weighted by atomic mass is 16.2. The predicted molar refractivity (Wildman–Crippen MR) is 106 cm³/mol. The number of benzene rings is 1. The number of amides is 3. The summed E-state index contributed by atoms with van der Waals surface area (Å²) in [6, 6.07) is 6.21. The van der Waals surface area contributed by atoms with Gasteiger partial charge in [0.1, 0.15) is 11.9 Å². The highest BCUT2D eigenvalue weighted by Crippen LogP contribution is 2.39. The zero-order valence-electron chi connectivity index (χ0n) is 16.0. The predicted octanol–water partition coefficient (Wildman–Crippen LogP) is 2.51. The molecule has 4 rings (SSSR count). The van der Waals surface area contributed by atoms with Crippen LogP contribution in [0.3, 0.4) is 0 Å². The number of rotatable bonds is 2. The number of carbonyl (C=O) groups is 3. The fourth-order valence-electron chi connectivity index (χ4n) is 4.07. The van der Waals surface area contributed by atoms with E-state index in [9.17, 15) is 14.4 Å². The SMILES string of the molecule is [C-]#[N+]c1c(C)cc(-c2ccc3c(c2)[C@H](C)N(C2CCC(=O)NC2=O)C3=O)nc1N. The quantitative estimate of drug-likeness (QED) is 0.606. The van der Waals surface area contributed by atoms with Gasteiger partial charge >= 0.3 is 0 Å². The van der Waals surface area contributed by atoms with E-state index in [1.165, 1.54) is 0 Å². The minimum atomic E-state index is -0.667. The molecule has 2 aliphatic rings. The van der Waals surface area contributed by atoms with Crippen molar-refractivity contribution in [2.75, 3.05) is 5.73 Å². The molecular formula is C21H19N5O3. The van der Waals surface area contributed by atoms with Crippen molar-refractivity contribution in [1.82, 2.24) is 15.2 Å². The highest BCUT2D eigenvalue weighted by Gasteiger charge is 2.43. The Morgan fingerprint density at radius 3 is 2.69 bits per heavy atom. The van der Waals surface area contributed by atoms with Crippen LogP contribution in [0.25, 0.3) is 16.1 Å². The average Bonchev–Trinajstić information content (AvgIpc) is 2.92. The van der Waals surface area contributed by atoms with Crippen molar-refractivity contribution in [2.45, 2.75) is 38.8 Å². The normalized spacial score (nSPS) is 21.0. The van der Waals surface area contributed by atoms with Crippen LogP contribution in [0.4, 0.5) is 11.5 Å². The number of nitrogens with zero attached hydrogens (tertiary/aromatic N) is 3. The van der Waals surface area contributed by atoms with Crippen molar-refractivity contribution in [3.8, 4) is 11.3 Å². The zero-order valence-corrected chi connectivity index (χ0v) is 16.0. The monoisotopic (exact) mass is 389 g/mol. The number of piperidine rings is 1. The molecule has 3 N–H and O–H groups in total. The van der Waals surface area contributed by atoms with Crippen LogP contribution in [-0.2, 0) is 9.59 Å². The Bertz CT molecular complexity index is 1090. The van der Waals surface area contributed by atoms with Crippen molar-refractivity contribution in [3.63, 3.8) is 0 Å². The van der Waals surface area contributed by atoms with E-state index < -0.39 is 11.9 Å². The fraction of sp³-hybridized carbons (Fsp3) is 0.286. The molecule has 29 heavy (non-hydrogen) atoms. The second-order valence-electron chi connectivity index (χ2n) is 7.33. The maximum absolute atomic E-state index is 13.0. The topological polar surface area (TPSA) is 110 Å². The van der Waals surface area contributed by atoms with E-state index >= 15 is 0 Å². The number of fused-ring (bicyclic) bond motifs is 1. The molecule has 0 saturated carbocycles. The largest absolute Gasteiger partial charge is 0.392 e. The van der Waals surface area contributed by atoms with Gasteiger partial charge in [-0.15, -0.1) is 0 Å². The number of hydrogen-bond donors (Lipinski definition) is 2. The van der Waals surface area contributed by atoms with Gasteiger partial charge in [0.25, 0.3) is 5.91 Å². The second-order valence-corrected chi connectivity index (χ2v) is 7.33. The van der Waals surface area contributed by atoms with Gasteiger partial charge < -0.3 is 10.6 Å². The lowest BCUT2D eigenvalue weighted by Gasteiger charge is -2.32. The van der Waals surface area contributed by atoms with Crippen molar-refractivity contribution in [1.29, 1.82) is 0 Å². The van der Waals surface area contributed by atoms with E-state index in [0.717, 1.165) is 16.7 Å². The van der Waals surface area contributed by atoms with Gasteiger partial charge in [-0.05, 0) is 49.6 Å². The molecular weight excluding hydrogens is 370 g/mol. The smallest absolute Gasteiger partial charge is 0.255 e. The first-order valence-electron chi connectivity index (χ1n) is 9.27. The first kappa shape index (κ1) is 18.6. The van der Waals surface area contributed by atoms with Gasteiger partial charge in [-0.3, -0.25) is 19.7 Å². The van der Waals surface area contributed by atoms with Gasteiger partial charge in [0.15, 0.2) is 0 Å². The summed E-state index contributed by atoms with van der Waals surface area (Å²) in [5.41, 5.74) is 9.72. The molecule has 146 valence electrons. The molecule has 2 aromatic rings. The number of anilines is 1. The Morgan fingerprint density at radius 1 is 1.28 bits per heavy atom. The number of carbonyl (C=O) groups excluding carboxylic acids is 3. The third-order valence-corrected chi connectivity index (χ3v) is 5.55. The summed E-state index contributed by atoms with van der Waals surface area (Å²) in [6.45, 7) is 10.9. The van der Waals surface area contributed by atoms with Crippen LogP contribution >= 0.6 is 0 Å². The van der Waals surface area contributed by atoms with Crippen LogP contribution in [0.1, 0.15) is 47.3 Å². The fourth-order valence-corrected chi connectivity index (χ4v) is 4.07. The first-order chi connectivity index (χ1) is 13.8. The summed E-state index contributed by atoms with van der Waals surface area (Å²) in [7, 11) is 0. The van der Waals surface area contributed by atoms with Gasteiger partial charge in [-0.2, -0.15) is 0 Å². The van der Waals surface area contributed by atoms with Crippen LogP contribution in [0.15, 0.2) is 24.3 Å². The van der Waals surface area contributed by atoms with Gasteiger partial charge in [-0.25, -0.2) is 9.83 Å². The number of hydrogen-bond acceptors (Lipinski definition) is 5. The zero-order chi connectivity index (χ0) is 20.9. The standard InChI is InChI=1S/C21H19N5O3/c1-10-8-15(24-19(22)18(10)23-3)12-4-5-13-14(9-12)11(2)26(21(13)29)16-6-7-17(27)25-20(16)28/h4-5,8-9,11,16H,6-7H2,1-2H3,(H2,22,24)(H,25,27,28)/t11-,16?/m0/s1. The van der Waals surface area contributed by atoms with Crippen LogP contribution < -0.4 is 11.1 Å². The maximum Gasteiger partial charge on any atom is 0.255 e. The van der Waals surface area contributed by atoms with Crippen molar-refractivity contribution >= 4 is 29.2 Å². The maximum atomic E-state index is 13.0. The number of aryl methyl sites for hydroxylation is 1. The van der Waals surface area contributed by atoms with Gasteiger partial charge in [-0.1, -0.05) is 6.07 Å². The Kier molecular flexibility index (Phi) is 4.31. The third-order valence-electron chi connectivity index (χ3n) is 5.55. The number of nitrogen functional groups attached to an aromatic ring is 1. The Labute approximate surface area is 167 Å². The summed E-state index contributed by atoms with van der Waals surface area (Å²) < 4.78 is 0. The molecule has 2 aliphatic heterocycles. The molecule has 1 aromatic heterocycles. The number of nitrogens with two attached hydrogens (primary N) is 1. The Balaban J connectivity index is 1.71. The van der Waals surface area contributed by atoms with Gasteiger partial charge in [0.05, 0.1) is 18.3 Å². The number of nitrogens with one attached hydrogen (secondary N) is 1. The van der Waals surface area contributed by atoms with E-state index in [1.54, 1.807) is 30.0 Å². The lowest BCUT2D eigenvalue weighted by Crippen LogP contribution is -2.53. The van der Waals surface area contributed by atoms with E-state index in [4.69, 9.17) is 12.3 Å². The van der Waals surface area contributed by atoms with Gasteiger partial charge in [0, 0.05) is 17.5 Å². The molecule has 0 aliphatic carbocycles. The first-order valence-corrected chi connectivity index (χ1v) is 9.27. The van der Waals surface area contributed by atoms with E-state index in [-0.39, 0.29) is 30.1 Å². The van der Waals surface area contributed by atoms with Crippen LogP contribution in [-0.4, -0.2) is 33.6 Å². The summed E-state index contributed by atoms with van der Waals surface area (Å²) in [6.07, 6.45) is 0.529. The number of pyridine rings is 1. The molecule has 1 unspecified atom stereocenters. The molecule has 8 nitrogen and oxygen atoms in total. The summed E-state index contributed by atoms with van der Waals surface area (Å²) in [5, 5.41) is 2.31. The van der Waals surface area contributed by atoms with E-state index in [1.807, 2.05) is 13.0 Å². The van der Waals surface area contributed by atoms with Crippen LogP contribution in [0, 0.1) is 13.5 Å².